The average molecular weight is 433 g/mol. The van der Waals surface area contributed by atoms with Crippen LogP contribution in [0.4, 0.5) is 0 Å². The molecule has 1 amide bonds. The number of thiazole rings is 1. The Morgan fingerprint density at radius 2 is 1.97 bits per heavy atom. The number of amides is 1. The smallest absolute Gasteiger partial charge is 0.263 e. The van der Waals surface area contributed by atoms with Gasteiger partial charge in [-0.2, -0.15) is 0 Å². The van der Waals surface area contributed by atoms with Crippen molar-refractivity contribution in [1.82, 2.24) is 19.2 Å². The Morgan fingerprint density at radius 3 is 2.69 bits per heavy atom. The molecule has 0 radical (unpaired) electrons. The molecule has 1 saturated heterocycles. The minimum Gasteiger partial charge on any atom is -0.481 e. The molecule has 0 saturated carbocycles. The molecule has 1 aliphatic heterocycles. The lowest BCUT2D eigenvalue weighted by molar-refractivity contribution is -0.139. The van der Waals surface area contributed by atoms with Crippen molar-refractivity contribution >= 4 is 33.8 Å². The molecule has 29 heavy (non-hydrogen) atoms. The van der Waals surface area contributed by atoms with E-state index in [0.29, 0.717) is 35.4 Å². The van der Waals surface area contributed by atoms with Gasteiger partial charge in [0.2, 0.25) is 0 Å². The van der Waals surface area contributed by atoms with E-state index in [1.807, 2.05) is 10.3 Å². The van der Waals surface area contributed by atoms with Crippen LogP contribution in [0.2, 0.25) is 5.02 Å². The van der Waals surface area contributed by atoms with Gasteiger partial charge in [-0.15, -0.1) is 11.3 Å². The molecule has 152 valence electrons. The number of hydrogen-bond acceptors (Lipinski definition) is 6. The molecule has 4 rings (SSSR count). The number of benzene rings is 1. The van der Waals surface area contributed by atoms with Gasteiger partial charge in [0, 0.05) is 55.4 Å². The average Bonchev–Trinajstić information content (AvgIpc) is 3.19. The summed E-state index contributed by atoms with van der Waals surface area (Å²) in [5.41, 5.74) is 0.699. The molecule has 2 aromatic heterocycles. The van der Waals surface area contributed by atoms with E-state index >= 15 is 0 Å². The Bertz CT molecular complexity index is 1060. The number of fused-ring (bicyclic) bond motifs is 1. The summed E-state index contributed by atoms with van der Waals surface area (Å²) in [7, 11) is 0. The maximum Gasteiger partial charge on any atom is 0.263 e. The minimum absolute atomic E-state index is 0.0315. The van der Waals surface area contributed by atoms with E-state index in [1.165, 1.54) is 11.3 Å². The van der Waals surface area contributed by atoms with E-state index in [2.05, 4.69) is 9.88 Å². The van der Waals surface area contributed by atoms with Crippen molar-refractivity contribution in [3.63, 3.8) is 0 Å². The number of carbonyl (C=O) groups is 1. The fraction of sp³-hybridized carbons (Fsp3) is 0.350. The molecule has 1 aliphatic rings. The van der Waals surface area contributed by atoms with Gasteiger partial charge in [-0.1, -0.05) is 11.6 Å². The first-order valence-electron chi connectivity index (χ1n) is 9.39. The molecule has 1 aromatic carbocycles. The van der Waals surface area contributed by atoms with Crippen molar-refractivity contribution in [2.75, 3.05) is 26.2 Å². The maximum absolute atomic E-state index is 12.7. The topological polar surface area (TPSA) is 67.2 Å². The molecule has 9 heteroatoms. The van der Waals surface area contributed by atoms with E-state index in [4.69, 9.17) is 16.3 Å². The van der Waals surface area contributed by atoms with Crippen LogP contribution in [-0.2, 0) is 11.3 Å². The van der Waals surface area contributed by atoms with Gasteiger partial charge < -0.3 is 9.64 Å². The molecule has 1 fully saturated rings. The highest BCUT2D eigenvalue weighted by Gasteiger charge is 2.26. The Balaban J connectivity index is 1.31. The summed E-state index contributed by atoms with van der Waals surface area (Å²) < 4.78 is 7.29. The molecule has 0 unspecified atom stereocenters. The molecule has 3 aromatic rings. The fourth-order valence-electron chi connectivity index (χ4n) is 3.35. The first-order valence-corrected chi connectivity index (χ1v) is 10.6. The van der Waals surface area contributed by atoms with Crippen LogP contribution in [0.15, 0.2) is 46.7 Å². The van der Waals surface area contributed by atoms with E-state index in [1.54, 1.807) is 47.9 Å². The summed E-state index contributed by atoms with van der Waals surface area (Å²) in [5, 5.41) is 2.48. The molecule has 7 nitrogen and oxygen atoms in total. The number of rotatable bonds is 5. The van der Waals surface area contributed by atoms with Gasteiger partial charge in [0.15, 0.2) is 11.1 Å². The van der Waals surface area contributed by atoms with Crippen LogP contribution in [0.3, 0.4) is 0 Å². The van der Waals surface area contributed by atoms with Gasteiger partial charge >= 0.3 is 0 Å². The quantitative estimate of drug-likeness (QED) is 0.619. The van der Waals surface area contributed by atoms with E-state index in [9.17, 15) is 9.59 Å². The van der Waals surface area contributed by atoms with Gasteiger partial charge in [-0.25, -0.2) is 4.98 Å². The van der Waals surface area contributed by atoms with Crippen molar-refractivity contribution in [3.05, 3.63) is 63.0 Å². The number of hydrogen-bond donors (Lipinski definition) is 0. The molecule has 1 atom stereocenters. The Hall–Kier alpha value is -2.42. The Morgan fingerprint density at radius 1 is 1.24 bits per heavy atom. The van der Waals surface area contributed by atoms with Crippen LogP contribution >= 0.6 is 22.9 Å². The van der Waals surface area contributed by atoms with Crippen molar-refractivity contribution in [1.29, 1.82) is 0 Å². The first-order chi connectivity index (χ1) is 14.0. The van der Waals surface area contributed by atoms with Crippen LogP contribution in [0.5, 0.6) is 5.75 Å². The summed E-state index contributed by atoms with van der Waals surface area (Å²) in [4.78, 5) is 34.1. The van der Waals surface area contributed by atoms with Gasteiger partial charge in [0.25, 0.3) is 11.5 Å². The van der Waals surface area contributed by atoms with Gasteiger partial charge in [0.1, 0.15) is 5.75 Å². The minimum atomic E-state index is -0.564. The third-order valence-corrected chi connectivity index (χ3v) is 5.91. The second kappa shape index (κ2) is 8.52. The first kappa shape index (κ1) is 19.9. The lowest BCUT2D eigenvalue weighted by atomic mass is 10.2. The van der Waals surface area contributed by atoms with Gasteiger partial charge in [0.05, 0.1) is 5.69 Å². The van der Waals surface area contributed by atoms with Crippen molar-refractivity contribution < 1.29 is 9.53 Å². The van der Waals surface area contributed by atoms with Crippen molar-refractivity contribution in [2.45, 2.75) is 19.6 Å². The summed E-state index contributed by atoms with van der Waals surface area (Å²) in [6, 6.07) is 8.56. The zero-order chi connectivity index (χ0) is 20.4. The molecule has 0 N–H and O–H groups in total. The molecular weight excluding hydrogens is 412 g/mol. The summed E-state index contributed by atoms with van der Waals surface area (Å²) in [6.07, 6.45) is 1.17. The summed E-state index contributed by atoms with van der Waals surface area (Å²) in [5.74, 6) is 0.589. The second-order valence-corrected chi connectivity index (χ2v) is 8.27. The van der Waals surface area contributed by atoms with Crippen molar-refractivity contribution in [3.8, 4) is 5.75 Å². The van der Waals surface area contributed by atoms with Crippen LogP contribution < -0.4 is 10.3 Å². The molecular formula is C20H21ClN4O3S. The van der Waals surface area contributed by atoms with Crippen LogP contribution in [0, 0.1) is 0 Å². The molecule has 0 bridgehead atoms. The molecule has 0 spiro atoms. The van der Waals surface area contributed by atoms with Crippen LogP contribution in [0.1, 0.15) is 12.6 Å². The standard InChI is InChI=1S/C20H21ClN4O3S/c1-14(28-17-4-2-15(21)3-5-17)19(27)24-8-6-23(7-9-24)13-16-12-18(26)25-10-11-29-20(25)22-16/h2-5,10-12,14H,6-9,13H2,1H3/t14-/m0/s1. The summed E-state index contributed by atoms with van der Waals surface area (Å²) in [6.45, 7) is 5.05. The monoisotopic (exact) mass is 432 g/mol. The Labute approximate surface area is 177 Å². The number of halogens is 1. The highest BCUT2D eigenvalue weighted by Crippen LogP contribution is 2.18. The van der Waals surface area contributed by atoms with E-state index < -0.39 is 6.10 Å². The number of nitrogens with zero attached hydrogens (tertiary/aromatic N) is 4. The van der Waals surface area contributed by atoms with Gasteiger partial charge in [-0.3, -0.25) is 18.9 Å². The largest absolute Gasteiger partial charge is 0.481 e. The van der Waals surface area contributed by atoms with Crippen LogP contribution in [0.25, 0.3) is 4.96 Å². The zero-order valence-corrected chi connectivity index (χ0v) is 17.5. The molecule has 3 heterocycles. The third kappa shape index (κ3) is 4.60. The second-order valence-electron chi connectivity index (χ2n) is 6.96. The normalized spacial score (nSPS) is 16.1. The highest BCUT2D eigenvalue weighted by atomic mass is 35.5. The lowest BCUT2D eigenvalue weighted by Crippen LogP contribution is -2.51. The molecule has 0 aliphatic carbocycles. The number of piperazine rings is 1. The van der Waals surface area contributed by atoms with Gasteiger partial charge in [-0.05, 0) is 31.2 Å². The Kier molecular flexibility index (Phi) is 5.84. The zero-order valence-electron chi connectivity index (χ0n) is 16.0. The predicted molar refractivity (Wildman–Crippen MR) is 113 cm³/mol. The van der Waals surface area contributed by atoms with Crippen molar-refractivity contribution in [2.24, 2.45) is 0 Å². The predicted octanol–water partition coefficient (Wildman–Crippen LogP) is 2.52. The highest BCUT2D eigenvalue weighted by molar-refractivity contribution is 7.15. The number of carbonyl (C=O) groups excluding carboxylic acids is 1. The number of aromatic nitrogens is 2. The number of ether oxygens (including phenoxy) is 1. The summed E-state index contributed by atoms with van der Waals surface area (Å²) >= 11 is 7.32. The fourth-order valence-corrected chi connectivity index (χ4v) is 4.21. The lowest BCUT2D eigenvalue weighted by Gasteiger charge is -2.35. The third-order valence-electron chi connectivity index (χ3n) is 4.90. The van der Waals surface area contributed by atoms with Crippen LogP contribution in [-0.4, -0.2) is 57.4 Å². The SMILES string of the molecule is C[C@H](Oc1ccc(Cl)cc1)C(=O)N1CCN(Cc2cc(=O)n3ccsc3n2)CC1. The van der Waals surface area contributed by atoms with E-state index in [0.717, 1.165) is 18.8 Å². The maximum atomic E-state index is 12.7. The van der Waals surface area contributed by atoms with E-state index in [-0.39, 0.29) is 11.5 Å².